The summed E-state index contributed by atoms with van der Waals surface area (Å²) in [7, 11) is 0. The molecule has 2 saturated carbocycles. The lowest BCUT2D eigenvalue weighted by Crippen LogP contribution is -2.49. The first-order valence-electron chi connectivity index (χ1n) is 7.47. The zero-order chi connectivity index (χ0) is 13.5. The fourth-order valence-corrected chi connectivity index (χ4v) is 4.46. The number of hydrogen-bond donors (Lipinski definition) is 2. The van der Waals surface area contributed by atoms with E-state index in [-0.39, 0.29) is 17.9 Å². The maximum absolute atomic E-state index is 11.1. The van der Waals surface area contributed by atoms with Crippen LogP contribution >= 0.6 is 0 Å². The number of fused-ring (bicyclic) bond motifs is 1. The molecule has 2 heteroatoms. The number of aliphatic hydroxyl groups excluding tert-OH is 1. The third kappa shape index (κ3) is 1.93. The van der Waals surface area contributed by atoms with E-state index in [1.165, 1.54) is 5.56 Å². The number of rotatable bonds is 2. The van der Waals surface area contributed by atoms with E-state index in [1.807, 2.05) is 6.07 Å². The minimum atomic E-state index is -0.584. The Bertz CT molecular complexity index is 444. The lowest BCUT2D eigenvalue weighted by molar-refractivity contribution is -0.110. The molecule has 4 atom stereocenters. The van der Waals surface area contributed by atoms with Crippen LogP contribution in [0, 0.1) is 11.3 Å². The molecule has 0 amide bonds. The lowest BCUT2D eigenvalue weighted by Gasteiger charge is -2.49. The Hall–Kier alpha value is -0.860. The van der Waals surface area contributed by atoms with Gasteiger partial charge in [-0.25, -0.2) is 0 Å². The van der Waals surface area contributed by atoms with Crippen LogP contribution in [0.5, 0.6) is 0 Å². The fraction of sp³-hybridized carbons (Fsp3) is 0.647. The zero-order valence-electron chi connectivity index (χ0n) is 11.7. The molecule has 0 radical (unpaired) electrons. The Morgan fingerprint density at radius 3 is 2.58 bits per heavy atom. The van der Waals surface area contributed by atoms with Crippen molar-refractivity contribution in [3.63, 3.8) is 0 Å². The van der Waals surface area contributed by atoms with Crippen LogP contribution in [0.1, 0.15) is 50.5 Å². The molecule has 2 aliphatic carbocycles. The van der Waals surface area contributed by atoms with E-state index in [2.05, 4.69) is 31.2 Å². The predicted octanol–water partition coefficient (Wildman–Crippen LogP) is 3.09. The molecule has 0 saturated heterocycles. The highest BCUT2D eigenvalue weighted by atomic mass is 16.3. The van der Waals surface area contributed by atoms with Gasteiger partial charge in [0.2, 0.25) is 0 Å². The summed E-state index contributed by atoms with van der Waals surface area (Å²) in [4.78, 5) is 0. The Morgan fingerprint density at radius 2 is 1.89 bits per heavy atom. The van der Waals surface area contributed by atoms with Gasteiger partial charge in [0.25, 0.3) is 0 Å². The lowest BCUT2D eigenvalue weighted by atomic mass is 9.59. The van der Waals surface area contributed by atoms with Gasteiger partial charge in [-0.1, -0.05) is 37.3 Å². The Morgan fingerprint density at radius 1 is 1.16 bits per heavy atom. The van der Waals surface area contributed by atoms with Crippen LogP contribution in [-0.2, 0) is 0 Å². The Kier molecular flexibility index (Phi) is 3.18. The average Bonchev–Trinajstić information content (AvgIpc) is 2.70. The first kappa shape index (κ1) is 13.1. The molecule has 2 fully saturated rings. The van der Waals surface area contributed by atoms with E-state index in [0.717, 1.165) is 32.1 Å². The highest BCUT2D eigenvalue weighted by Crippen LogP contribution is 2.60. The largest absolute Gasteiger partial charge is 0.396 e. The van der Waals surface area contributed by atoms with Crippen molar-refractivity contribution >= 4 is 0 Å². The summed E-state index contributed by atoms with van der Waals surface area (Å²) in [5.74, 6) is 0.742. The fourth-order valence-electron chi connectivity index (χ4n) is 4.46. The normalized spacial score (nSPS) is 42.1. The minimum Gasteiger partial charge on any atom is -0.396 e. The second kappa shape index (κ2) is 4.60. The second-order valence-electron chi connectivity index (χ2n) is 6.72. The van der Waals surface area contributed by atoms with Crippen molar-refractivity contribution in [1.29, 1.82) is 0 Å². The summed E-state index contributed by atoms with van der Waals surface area (Å²) in [6.07, 6.45) is 4.81. The second-order valence-corrected chi connectivity index (χ2v) is 6.72. The van der Waals surface area contributed by atoms with Gasteiger partial charge in [0.05, 0.1) is 5.60 Å². The van der Waals surface area contributed by atoms with E-state index in [1.54, 1.807) is 0 Å². The molecule has 3 rings (SSSR count). The molecular weight excluding hydrogens is 236 g/mol. The average molecular weight is 260 g/mol. The van der Waals surface area contributed by atoms with Gasteiger partial charge < -0.3 is 10.2 Å². The van der Waals surface area contributed by atoms with Crippen molar-refractivity contribution in [3.8, 4) is 0 Å². The van der Waals surface area contributed by atoms with Gasteiger partial charge in [-0.15, -0.1) is 0 Å². The molecule has 0 bridgehead atoms. The molecule has 1 aromatic rings. The van der Waals surface area contributed by atoms with Gasteiger partial charge >= 0.3 is 0 Å². The standard InChI is InChI=1S/C17H24O2/c1-16-9-7-14(13-5-3-2-4-6-13)11-17(16,19)10-8-15(16)12-18/h2-6,14-15,18-19H,7-12H2,1H3/t14-,15-,16-,17+/m1/s1. The third-order valence-electron chi connectivity index (χ3n) is 5.96. The Labute approximate surface area is 115 Å². The van der Waals surface area contributed by atoms with Crippen LogP contribution in [0.2, 0.25) is 0 Å². The summed E-state index contributed by atoms with van der Waals surface area (Å²) in [6.45, 7) is 2.40. The van der Waals surface area contributed by atoms with Gasteiger partial charge in [0.1, 0.15) is 0 Å². The van der Waals surface area contributed by atoms with Crippen LogP contribution in [0.25, 0.3) is 0 Å². The van der Waals surface area contributed by atoms with Gasteiger partial charge in [-0.3, -0.25) is 0 Å². The van der Waals surface area contributed by atoms with Crippen LogP contribution in [0.15, 0.2) is 30.3 Å². The molecule has 2 nitrogen and oxygen atoms in total. The van der Waals surface area contributed by atoms with Gasteiger partial charge in [-0.2, -0.15) is 0 Å². The molecule has 0 aromatic heterocycles. The van der Waals surface area contributed by atoms with E-state index < -0.39 is 5.60 Å². The van der Waals surface area contributed by atoms with E-state index >= 15 is 0 Å². The van der Waals surface area contributed by atoms with Gasteiger partial charge in [0.15, 0.2) is 0 Å². The number of benzene rings is 1. The van der Waals surface area contributed by atoms with Gasteiger partial charge in [0, 0.05) is 12.0 Å². The first-order valence-corrected chi connectivity index (χ1v) is 7.47. The topological polar surface area (TPSA) is 40.5 Å². The molecule has 0 aliphatic heterocycles. The first-order chi connectivity index (χ1) is 9.09. The molecule has 2 N–H and O–H groups in total. The number of hydrogen-bond acceptors (Lipinski definition) is 2. The van der Waals surface area contributed by atoms with E-state index in [9.17, 15) is 10.2 Å². The highest BCUT2D eigenvalue weighted by Gasteiger charge is 2.58. The van der Waals surface area contributed by atoms with Crippen molar-refractivity contribution in [1.82, 2.24) is 0 Å². The summed E-state index contributed by atoms with van der Waals surface area (Å²) in [5.41, 5.74) is 0.678. The number of aliphatic hydroxyl groups is 2. The molecule has 0 unspecified atom stereocenters. The molecule has 104 valence electrons. The molecule has 2 aliphatic rings. The van der Waals surface area contributed by atoms with Crippen molar-refractivity contribution < 1.29 is 10.2 Å². The van der Waals surface area contributed by atoms with Crippen molar-refractivity contribution in [2.45, 2.75) is 50.5 Å². The monoisotopic (exact) mass is 260 g/mol. The third-order valence-corrected chi connectivity index (χ3v) is 5.96. The quantitative estimate of drug-likeness (QED) is 0.858. The summed E-state index contributed by atoms with van der Waals surface area (Å²) >= 11 is 0. The van der Waals surface area contributed by atoms with Crippen LogP contribution in [0.4, 0.5) is 0 Å². The molecular formula is C17H24O2. The predicted molar refractivity (Wildman–Crippen MR) is 75.9 cm³/mol. The van der Waals surface area contributed by atoms with Crippen LogP contribution in [0.3, 0.4) is 0 Å². The molecule has 0 spiro atoms. The molecule has 19 heavy (non-hydrogen) atoms. The van der Waals surface area contributed by atoms with Gasteiger partial charge in [-0.05, 0) is 49.5 Å². The highest BCUT2D eigenvalue weighted by molar-refractivity contribution is 5.23. The Balaban J connectivity index is 1.85. The maximum atomic E-state index is 11.1. The van der Waals surface area contributed by atoms with Crippen molar-refractivity contribution in [3.05, 3.63) is 35.9 Å². The van der Waals surface area contributed by atoms with Crippen molar-refractivity contribution in [2.75, 3.05) is 6.61 Å². The minimum absolute atomic E-state index is 0.0902. The van der Waals surface area contributed by atoms with Crippen LogP contribution < -0.4 is 0 Å². The molecule has 1 aromatic carbocycles. The van der Waals surface area contributed by atoms with Crippen molar-refractivity contribution in [2.24, 2.45) is 11.3 Å². The van der Waals surface area contributed by atoms with Crippen LogP contribution in [-0.4, -0.2) is 22.4 Å². The SMILES string of the molecule is C[C@]12CC[C@@H](c3ccccc3)C[C@@]1(O)CC[C@@H]2CO. The zero-order valence-corrected chi connectivity index (χ0v) is 11.7. The summed E-state index contributed by atoms with van der Waals surface area (Å²) < 4.78 is 0. The summed E-state index contributed by atoms with van der Waals surface area (Å²) in [6, 6.07) is 10.6. The van der Waals surface area contributed by atoms with E-state index in [4.69, 9.17) is 0 Å². The smallest absolute Gasteiger partial charge is 0.0710 e. The summed E-state index contributed by atoms with van der Waals surface area (Å²) in [5, 5.41) is 20.6. The maximum Gasteiger partial charge on any atom is 0.0710 e. The molecule has 0 heterocycles. The van der Waals surface area contributed by atoms with E-state index in [0.29, 0.717) is 5.92 Å².